The summed E-state index contributed by atoms with van der Waals surface area (Å²) in [6.07, 6.45) is 0. The second-order valence-corrected chi connectivity index (χ2v) is 8.50. The Morgan fingerprint density at radius 3 is 2.20 bits per heavy atom. The van der Waals surface area contributed by atoms with E-state index >= 15 is 0 Å². The summed E-state index contributed by atoms with van der Waals surface area (Å²) < 4.78 is -0.393. The summed E-state index contributed by atoms with van der Waals surface area (Å²) in [7, 11) is 0. The number of thioether (sulfide) groups is 2. The summed E-state index contributed by atoms with van der Waals surface area (Å²) in [6.45, 7) is 0. The quantitative estimate of drug-likeness (QED) is 0.658. The van der Waals surface area contributed by atoms with Crippen molar-refractivity contribution < 1.29 is 0 Å². The number of nitrogens with zero attached hydrogens (tertiary/aromatic N) is 2. The van der Waals surface area contributed by atoms with E-state index < -0.39 is 4.33 Å². The Balaban J connectivity index is 1.60. The second kappa shape index (κ2) is 5.86. The number of nitrogens with one attached hydrogen (secondary N) is 1. The van der Waals surface area contributed by atoms with Gasteiger partial charge in [-0.15, -0.1) is 0 Å². The molecule has 2 aliphatic heterocycles. The van der Waals surface area contributed by atoms with Gasteiger partial charge in [0.2, 0.25) is 4.33 Å². The first-order valence-electron chi connectivity index (χ1n) is 8.09. The van der Waals surface area contributed by atoms with Crippen LogP contribution in [0.2, 0.25) is 0 Å². The van der Waals surface area contributed by atoms with Crippen molar-refractivity contribution in [3.05, 3.63) is 90.5 Å². The monoisotopic (exact) mass is 361 g/mol. The molecular weight excluding hydrogens is 346 g/mol. The molecule has 2 heterocycles. The predicted molar refractivity (Wildman–Crippen MR) is 108 cm³/mol. The van der Waals surface area contributed by atoms with Crippen molar-refractivity contribution in [2.24, 2.45) is 5.10 Å². The van der Waals surface area contributed by atoms with Crippen molar-refractivity contribution in [3.63, 3.8) is 0 Å². The number of anilines is 2. The van der Waals surface area contributed by atoms with Crippen LogP contribution in [0.3, 0.4) is 0 Å². The van der Waals surface area contributed by atoms with Crippen LogP contribution in [0.4, 0.5) is 11.4 Å². The highest BCUT2D eigenvalue weighted by Crippen LogP contribution is 2.57. The fraction of sp³-hybridized carbons (Fsp3) is 0.0500. The summed E-state index contributed by atoms with van der Waals surface area (Å²) >= 11 is 3.57. The lowest BCUT2D eigenvalue weighted by atomic mass is 10.2. The maximum absolute atomic E-state index is 4.98. The van der Waals surface area contributed by atoms with E-state index in [1.54, 1.807) is 11.8 Å². The summed E-state index contributed by atoms with van der Waals surface area (Å²) in [5.74, 6) is 0. The van der Waals surface area contributed by atoms with Gasteiger partial charge in [-0.25, -0.2) is 5.01 Å². The molecule has 3 nitrogen and oxygen atoms in total. The molecule has 1 atom stereocenters. The fourth-order valence-corrected chi connectivity index (χ4v) is 5.76. The van der Waals surface area contributed by atoms with Crippen LogP contribution in [0.5, 0.6) is 0 Å². The van der Waals surface area contributed by atoms with Gasteiger partial charge < -0.3 is 5.32 Å². The Morgan fingerprint density at radius 2 is 1.44 bits per heavy atom. The van der Waals surface area contributed by atoms with E-state index in [1.807, 2.05) is 23.9 Å². The van der Waals surface area contributed by atoms with Gasteiger partial charge in [0.15, 0.2) is 0 Å². The third kappa shape index (κ3) is 2.51. The Labute approximate surface area is 155 Å². The van der Waals surface area contributed by atoms with E-state index in [9.17, 15) is 0 Å². The zero-order chi connectivity index (χ0) is 16.7. The fourth-order valence-electron chi connectivity index (χ4n) is 2.99. The van der Waals surface area contributed by atoms with Crippen molar-refractivity contribution in [1.29, 1.82) is 0 Å². The SMILES string of the molecule is c1ccc(C2=NN(c3ccccc3)C3(Nc4ccccc4S3)S2)cc1. The third-order valence-electron chi connectivity index (χ3n) is 4.15. The third-order valence-corrected chi connectivity index (χ3v) is 6.84. The molecule has 1 unspecified atom stereocenters. The molecule has 1 N–H and O–H groups in total. The van der Waals surface area contributed by atoms with Gasteiger partial charge in [0.1, 0.15) is 5.04 Å². The van der Waals surface area contributed by atoms with Crippen molar-refractivity contribution in [3.8, 4) is 0 Å². The highest BCUT2D eigenvalue weighted by atomic mass is 32.2. The number of hydrazone groups is 1. The molecule has 3 aromatic carbocycles. The molecule has 5 rings (SSSR count). The molecule has 0 fully saturated rings. The molecule has 5 heteroatoms. The van der Waals surface area contributed by atoms with E-state index in [2.05, 4.69) is 83.1 Å². The van der Waals surface area contributed by atoms with Crippen LogP contribution in [0.25, 0.3) is 0 Å². The van der Waals surface area contributed by atoms with Crippen LogP contribution in [0, 0.1) is 0 Å². The molecule has 1 spiro atoms. The lowest BCUT2D eigenvalue weighted by Crippen LogP contribution is -2.41. The van der Waals surface area contributed by atoms with E-state index in [1.165, 1.54) is 4.90 Å². The van der Waals surface area contributed by atoms with Gasteiger partial charge in [-0.1, -0.05) is 72.4 Å². The predicted octanol–water partition coefficient (Wildman–Crippen LogP) is 5.43. The molecule has 0 amide bonds. The van der Waals surface area contributed by atoms with Crippen LogP contribution < -0.4 is 10.3 Å². The number of benzene rings is 3. The van der Waals surface area contributed by atoms with Gasteiger partial charge in [0.05, 0.1) is 11.4 Å². The molecule has 0 aromatic heterocycles. The number of hydrogen-bond donors (Lipinski definition) is 1. The van der Waals surface area contributed by atoms with E-state index in [0.29, 0.717) is 0 Å². The van der Waals surface area contributed by atoms with Gasteiger partial charge in [-0.2, -0.15) is 5.10 Å². The average molecular weight is 361 g/mol. The average Bonchev–Trinajstić information content (AvgIpc) is 3.23. The maximum atomic E-state index is 4.98. The first-order chi connectivity index (χ1) is 12.3. The van der Waals surface area contributed by atoms with Crippen molar-refractivity contribution in [1.82, 2.24) is 0 Å². The number of hydrogen-bond acceptors (Lipinski definition) is 5. The minimum Gasteiger partial charge on any atom is -0.342 e. The number of fused-ring (bicyclic) bond motifs is 1. The molecular formula is C20H15N3S2. The van der Waals surface area contributed by atoms with Gasteiger partial charge in [-0.3, -0.25) is 0 Å². The minimum absolute atomic E-state index is 0.393. The Hall–Kier alpha value is -2.37. The Kier molecular flexibility index (Phi) is 3.50. The summed E-state index contributed by atoms with van der Waals surface area (Å²) in [6, 6.07) is 29.1. The van der Waals surface area contributed by atoms with Gasteiger partial charge in [0, 0.05) is 10.5 Å². The Bertz CT molecular complexity index is 916. The smallest absolute Gasteiger partial charge is 0.239 e. The van der Waals surface area contributed by atoms with Crippen molar-refractivity contribution >= 4 is 39.9 Å². The molecule has 0 radical (unpaired) electrons. The minimum atomic E-state index is -0.393. The molecule has 0 saturated carbocycles. The van der Waals surface area contributed by atoms with Crippen LogP contribution in [0.15, 0.2) is 94.9 Å². The molecule has 2 aliphatic rings. The van der Waals surface area contributed by atoms with E-state index in [0.717, 1.165) is 22.0 Å². The normalized spacial score (nSPS) is 21.1. The van der Waals surface area contributed by atoms with Crippen LogP contribution >= 0.6 is 23.5 Å². The van der Waals surface area contributed by atoms with Gasteiger partial charge in [-0.05, 0) is 36.0 Å². The van der Waals surface area contributed by atoms with Crippen LogP contribution in [0.1, 0.15) is 5.56 Å². The Morgan fingerprint density at radius 1 is 0.760 bits per heavy atom. The molecule has 0 saturated heterocycles. The first-order valence-corrected chi connectivity index (χ1v) is 9.72. The highest BCUT2D eigenvalue weighted by Gasteiger charge is 2.50. The van der Waals surface area contributed by atoms with Gasteiger partial charge >= 0.3 is 0 Å². The maximum Gasteiger partial charge on any atom is 0.239 e. The zero-order valence-corrected chi connectivity index (χ0v) is 14.9. The standard InChI is InChI=1S/C20H15N3S2/c1-3-9-15(10-4-1)19-22-23(16-11-5-2-6-12-16)20(25-19)21-17-13-7-8-14-18(17)24-20/h1-14,21H. The van der Waals surface area contributed by atoms with E-state index in [4.69, 9.17) is 5.10 Å². The highest BCUT2D eigenvalue weighted by molar-refractivity contribution is 8.27. The topological polar surface area (TPSA) is 27.6 Å². The number of para-hydroxylation sites is 2. The van der Waals surface area contributed by atoms with E-state index in [-0.39, 0.29) is 0 Å². The van der Waals surface area contributed by atoms with Crippen molar-refractivity contribution in [2.45, 2.75) is 9.22 Å². The second-order valence-electron chi connectivity index (χ2n) is 5.83. The summed E-state index contributed by atoms with van der Waals surface area (Å²) in [5, 5.41) is 11.8. The molecule has 25 heavy (non-hydrogen) atoms. The molecule has 122 valence electrons. The summed E-state index contributed by atoms with van der Waals surface area (Å²) in [5.41, 5.74) is 3.38. The zero-order valence-electron chi connectivity index (χ0n) is 13.3. The first kappa shape index (κ1) is 14.9. The lowest BCUT2D eigenvalue weighted by Gasteiger charge is -2.32. The number of rotatable bonds is 2. The molecule has 0 aliphatic carbocycles. The van der Waals surface area contributed by atoms with Gasteiger partial charge in [0.25, 0.3) is 0 Å². The molecule has 3 aromatic rings. The lowest BCUT2D eigenvalue weighted by molar-refractivity contribution is 0.834. The molecule has 0 bridgehead atoms. The largest absolute Gasteiger partial charge is 0.342 e. The van der Waals surface area contributed by atoms with Crippen molar-refractivity contribution in [2.75, 3.05) is 10.3 Å². The summed E-state index contributed by atoms with van der Waals surface area (Å²) in [4.78, 5) is 1.25. The van der Waals surface area contributed by atoms with Crippen LogP contribution in [-0.2, 0) is 0 Å². The van der Waals surface area contributed by atoms with Crippen LogP contribution in [-0.4, -0.2) is 9.37 Å².